The van der Waals surface area contributed by atoms with Gasteiger partial charge in [-0.15, -0.1) is 10.2 Å². The summed E-state index contributed by atoms with van der Waals surface area (Å²) in [6.45, 7) is 4.49. The number of nitrogens with one attached hydrogen (secondary N) is 1. The maximum absolute atomic E-state index is 12.9. The first kappa shape index (κ1) is 18.7. The lowest BCUT2D eigenvalue weighted by Crippen LogP contribution is -2.19. The third-order valence-corrected chi connectivity index (χ3v) is 4.56. The molecule has 0 saturated carbocycles. The van der Waals surface area contributed by atoms with Crippen molar-refractivity contribution in [3.63, 3.8) is 0 Å². The lowest BCUT2D eigenvalue weighted by molar-refractivity contribution is -0.116. The van der Waals surface area contributed by atoms with Crippen molar-refractivity contribution in [2.24, 2.45) is 0 Å². The Morgan fingerprint density at radius 2 is 1.90 bits per heavy atom. The van der Waals surface area contributed by atoms with E-state index in [9.17, 15) is 4.79 Å². The van der Waals surface area contributed by atoms with E-state index >= 15 is 0 Å². The first-order chi connectivity index (χ1) is 14.2. The molecule has 0 bridgehead atoms. The number of fused-ring (bicyclic) bond motifs is 1. The van der Waals surface area contributed by atoms with Crippen molar-refractivity contribution in [2.45, 2.75) is 26.8 Å². The van der Waals surface area contributed by atoms with Gasteiger partial charge >= 0.3 is 0 Å². The number of anilines is 1. The Labute approximate surface area is 168 Å². The van der Waals surface area contributed by atoms with Crippen molar-refractivity contribution in [3.8, 4) is 17.3 Å². The van der Waals surface area contributed by atoms with E-state index in [0.717, 1.165) is 10.9 Å². The van der Waals surface area contributed by atoms with Crippen LogP contribution in [-0.2, 0) is 17.8 Å². The Kier molecular flexibility index (Phi) is 5.29. The van der Waals surface area contributed by atoms with Gasteiger partial charge in [-0.3, -0.25) is 4.79 Å². The van der Waals surface area contributed by atoms with Crippen LogP contribution in [0.1, 0.15) is 19.7 Å². The highest BCUT2D eigenvalue weighted by atomic mass is 16.5. The molecular weight excluding hydrogens is 368 g/mol. The fourth-order valence-electron chi connectivity index (χ4n) is 3.24. The normalized spacial score (nSPS) is 11.0. The third-order valence-electron chi connectivity index (χ3n) is 4.56. The Morgan fingerprint density at radius 1 is 1.10 bits per heavy atom. The monoisotopic (exact) mass is 390 g/mol. The molecule has 7 nitrogen and oxygen atoms in total. The minimum atomic E-state index is -0.171. The molecular formula is C22H22N4O3. The van der Waals surface area contributed by atoms with Crippen LogP contribution in [0.4, 0.5) is 5.69 Å². The second-order valence-corrected chi connectivity index (χ2v) is 6.51. The fraction of sp³-hybridized carbons (Fsp3) is 0.227. The summed E-state index contributed by atoms with van der Waals surface area (Å²) < 4.78 is 13.2. The van der Waals surface area contributed by atoms with Gasteiger partial charge in [-0.2, -0.15) is 0 Å². The molecule has 2 heterocycles. The Hall–Kier alpha value is -3.61. The minimum Gasteiger partial charge on any atom is -0.492 e. The highest BCUT2D eigenvalue weighted by Crippen LogP contribution is 2.28. The predicted octanol–water partition coefficient (Wildman–Crippen LogP) is 4.29. The van der Waals surface area contributed by atoms with Gasteiger partial charge in [0.05, 0.1) is 12.3 Å². The molecule has 0 radical (unpaired) electrons. The molecule has 29 heavy (non-hydrogen) atoms. The zero-order valence-corrected chi connectivity index (χ0v) is 16.4. The van der Waals surface area contributed by atoms with Crippen molar-refractivity contribution in [1.29, 1.82) is 0 Å². The lowest BCUT2D eigenvalue weighted by Gasteiger charge is -2.13. The molecule has 0 spiro atoms. The molecule has 0 aliphatic rings. The van der Waals surface area contributed by atoms with E-state index < -0.39 is 0 Å². The molecule has 0 unspecified atom stereocenters. The molecule has 4 aromatic rings. The standard InChI is InChI=1S/C22H22N4O3/c1-3-21-24-25-22(29-21)18-13-15-9-5-7-11-17(15)26(18)14-20(27)23-16-10-6-8-12-19(16)28-4-2/h5-13H,3-4,14H2,1-2H3,(H,23,27). The van der Waals surface area contributed by atoms with Gasteiger partial charge in [0.1, 0.15) is 18.0 Å². The predicted molar refractivity (Wildman–Crippen MR) is 111 cm³/mol. The molecule has 0 aliphatic heterocycles. The summed E-state index contributed by atoms with van der Waals surface area (Å²) in [5.74, 6) is 1.44. The molecule has 7 heteroatoms. The molecule has 1 N–H and O–H groups in total. The smallest absolute Gasteiger partial charge is 0.264 e. The first-order valence-electron chi connectivity index (χ1n) is 9.62. The van der Waals surface area contributed by atoms with E-state index in [1.165, 1.54) is 0 Å². The first-order valence-corrected chi connectivity index (χ1v) is 9.62. The Balaban J connectivity index is 1.67. The van der Waals surface area contributed by atoms with Crippen molar-refractivity contribution >= 4 is 22.5 Å². The van der Waals surface area contributed by atoms with Gasteiger partial charge in [0.25, 0.3) is 5.89 Å². The molecule has 0 aliphatic carbocycles. The van der Waals surface area contributed by atoms with Crippen molar-refractivity contribution in [3.05, 3.63) is 60.5 Å². The number of hydrogen-bond acceptors (Lipinski definition) is 5. The number of para-hydroxylation sites is 3. The maximum Gasteiger partial charge on any atom is 0.264 e. The average molecular weight is 390 g/mol. The van der Waals surface area contributed by atoms with Crippen LogP contribution < -0.4 is 10.1 Å². The number of ether oxygens (including phenoxy) is 1. The number of benzene rings is 2. The fourth-order valence-corrected chi connectivity index (χ4v) is 3.24. The molecule has 2 aromatic carbocycles. The molecule has 4 rings (SSSR count). The highest BCUT2D eigenvalue weighted by molar-refractivity contribution is 5.94. The van der Waals surface area contributed by atoms with Gasteiger partial charge in [0.2, 0.25) is 11.8 Å². The van der Waals surface area contributed by atoms with Crippen LogP contribution in [0.2, 0.25) is 0 Å². The van der Waals surface area contributed by atoms with Crippen LogP contribution in [0.15, 0.2) is 59.0 Å². The molecule has 1 amide bonds. The molecule has 148 valence electrons. The average Bonchev–Trinajstić information content (AvgIpc) is 3.34. The topological polar surface area (TPSA) is 82.2 Å². The minimum absolute atomic E-state index is 0.104. The summed E-state index contributed by atoms with van der Waals surface area (Å²) in [5.41, 5.74) is 2.28. The number of amides is 1. The highest BCUT2D eigenvalue weighted by Gasteiger charge is 2.18. The zero-order chi connectivity index (χ0) is 20.2. The summed E-state index contributed by atoms with van der Waals surface area (Å²) in [6.07, 6.45) is 0.655. The van der Waals surface area contributed by atoms with Crippen LogP contribution >= 0.6 is 0 Å². The van der Waals surface area contributed by atoms with Crippen LogP contribution in [0.3, 0.4) is 0 Å². The number of nitrogens with zero attached hydrogens (tertiary/aromatic N) is 3. The van der Waals surface area contributed by atoms with Crippen LogP contribution in [0.5, 0.6) is 5.75 Å². The van der Waals surface area contributed by atoms with Gasteiger partial charge in [0.15, 0.2) is 0 Å². The lowest BCUT2D eigenvalue weighted by atomic mass is 10.2. The van der Waals surface area contributed by atoms with E-state index in [1.807, 2.05) is 73.0 Å². The number of aromatic nitrogens is 3. The third kappa shape index (κ3) is 3.85. The summed E-state index contributed by atoms with van der Waals surface area (Å²) in [7, 11) is 0. The molecule has 0 atom stereocenters. The Bertz CT molecular complexity index is 1150. The number of carbonyl (C=O) groups excluding carboxylic acids is 1. The van der Waals surface area contributed by atoms with Crippen LogP contribution in [0, 0.1) is 0 Å². The second-order valence-electron chi connectivity index (χ2n) is 6.51. The number of aryl methyl sites for hydroxylation is 1. The van der Waals surface area contributed by atoms with Crippen molar-refractivity contribution in [1.82, 2.24) is 14.8 Å². The summed E-state index contributed by atoms with van der Waals surface area (Å²) in [5, 5.41) is 12.2. The number of carbonyl (C=O) groups is 1. The van der Waals surface area contributed by atoms with Crippen LogP contribution in [0.25, 0.3) is 22.5 Å². The number of hydrogen-bond donors (Lipinski definition) is 1. The van der Waals surface area contributed by atoms with E-state index in [0.29, 0.717) is 41.9 Å². The van der Waals surface area contributed by atoms with Gasteiger partial charge in [0, 0.05) is 17.3 Å². The van der Waals surface area contributed by atoms with Gasteiger partial charge < -0.3 is 19.0 Å². The van der Waals surface area contributed by atoms with Crippen molar-refractivity contribution < 1.29 is 13.9 Å². The van der Waals surface area contributed by atoms with Gasteiger partial charge in [-0.05, 0) is 31.2 Å². The molecule has 0 saturated heterocycles. The maximum atomic E-state index is 12.9. The van der Waals surface area contributed by atoms with Crippen LogP contribution in [-0.4, -0.2) is 27.3 Å². The van der Waals surface area contributed by atoms with E-state index in [4.69, 9.17) is 9.15 Å². The summed E-state index contributed by atoms with van der Waals surface area (Å²) >= 11 is 0. The van der Waals surface area contributed by atoms with E-state index in [1.54, 1.807) is 0 Å². The zero-order valence-electron chi connectivity index (χ0n) is 16.4. The van der Waals surface area contributed by atoms with E-state index in [-0.39, 0.29) is 12.5 Å². The van der Waals surface area contributed by atoms with Gasteiger partial charge in [-0.25, -0.2) is 0 Å². The molecule has 2 aromatic heterocycles. The van der Waals surface area contributed by atoms with Gasteiger partial charge in [-0.1, -0.05) is 37.3 Å². The second kappa shape index (κ2) is 8.18. The summed E-state index contributed by atoms with van der Waals surface area (Å²) in [4.78, 5) is 12.9. The van der Waals surface area contributed by atoms with E-state index in [2.05, 4.69) is 15.5 Å². The Morgan fingerprint density at radius 3 is 2.69 bits per heavy atom. The SMILES string of the molecule is CCOc1ccccc1NC(=O)Cn1c(-c2nnc(CC)o2)cc2ccccc21. The summed E-state index contributed by atoms with van der Waals surface area (Å²) in [6, 6.07) is 17.2. The van der Waals surface area contributed by atoms with Crippen molar-refractivity contribution in [2.75, 3.05) is 11.9 Å². The molecule has 0 fully saturated rings. The largest absolute Gasteiger partial charge is 0.492 e. The number of rotatable bonds is 7. The quantitative estimate of drug-likeness (QED) is 0.509.